The highest BCUT2D eigenvalue weighted by Crippen LogP contribution is 2.12. The lowest BCUT2D eigenvalue weighted by atomic mass is 10.2. The summed E-state index contributed by atoms with van der Waals surface area (Å²) in [4.78, 5) is 0. The number of hydrogen-bond donors (Lipinski definition) is 1. The molecule has 0 spiro atoms. The monoisotopic (exact) mass is 289 g/mol. The van der Waals surface area contributed by atoms with Crippen molar-refractivity contribution in [2.24, 2.45) is 0 Å². The largest absolute Gasteiger partial charge is 0.490 e. The molecule has 2 aromatic rings. The van der Waals surface area contributed by atoms with Crippen LogP contribution in [-0.4, -0.2) is 6.61 Å². The Kier molecular flexibility index (Phi) is 7.48. The predicted octanol–water partition coefficient (Wildman–Crippen LogP) is 3.96. The fraction of sp³-hybridized carbons (Fsp3) is 0.176. The SMILES string of the molecule is C=CCOc1ccc(CNCc2ccccc2)cc1.Cl. The standard InChI is InChI=1S/C17H19NO.ClH/c1-2-12-19-17-10-8-16(9-11-17)14-18-13-15-6-4-3-5-7-15;/h2-11,18H,1,12-14H2;1H. The van der Waals surface area contributed by atoms with Gasteiger partial charge in [0.05, 0.1) is 0 Å². The van der Waals surface area contributed by atoms with Gasteiger partial charge in [0.25, 0.3) is 0 Å². The summed E-state index contributed by atoms with van der Waals surface area (Å²) in [6, 6.07) is 18.5. The molecular weight excluding hydrogens is 270 g/mol. The van der Waals surface area contributed by atoms with Crippen LogP contribution in [0.4, 0.5) is 0 Å². The minimum absolute atomic E-state index is 0. The normalized spacial score (nSPS) is 9.60. The summed E-state index contributed by atoms with van der Waals surface area (Å²) < 4.78 is 5.45. The highest BCUT2D eigenvalue weighted by molar-refractivity contribution is 5.85. The minimum Gasteiger partial charge on any atom is -0.490 e. The Morgan fingerprint density at radius 1 is 0.900 bits per heavy atom. The van der Waals surface area contributed by atoms with Crippen LogP contribution in [0.1, 0.15) is 11.1 Å². The number of hydrogen-bond acceptors (Lipinski definition) is 2. The molecular formula is C17H20ClNO. The van der Waals surface area contributed by atoms with Crippen LogP contribution in [-0.2, 0) is 13.1 Å². The number of rotatable bonds is 7. The first-order valence-electron chi connectivity index (χ1n) is 6.46. The van der Waals surface area contributed by atoms with Crippen LogP contribution in [0.25, 0.3) is 0 Å². The zero-order valence-electron chi connectivity index (χ0n) is 11.4. The lowest BCUT2D eigenvalue weighted by molar-refractivity contribution is 0.363. The van der Waals surface area contributed by atoms with Crippen LogP contribution >= 0.6 is 12.4 Å². The van der Waals surface area contributed by atoms with E-state index in [9.17, 15) is 0 Å². The third-order valence-electron chi connectivity index (χ3n) is 2.79. The second kappa shape index (κ2) is 9.18. The molecule has 0 saturated heterocycles. The second-order valence-electron chi connectivity index (χ2n) is 4.33. The van der Waals surface area contributed by atoms with Crippen molar-refractivity contribution in [1.29, 1.82) is 0 Å². The Morgan fingerprint density at radius 3 is 2.10 bits per heavy atom. The molecule has 0 aromatic heterocycles. The molecule has 0 aliphatic carbocycles. The molecule has 2 aromatic carbocycles. The Morgan fingerprint density at radius 2 is 1.50 bits per heavy atom. The van der Waals surface area contributed by atoms with E-state index in [4.69, 9.17) is 4.74 Å². The summed E-state index contributed by atoms with van der Waals surface area (Å²) in [6.07, 6.45) is 1.75. The molecule has 2 rings (SSSR count). The lowest BCUT2D eigenvalue weighted by Crippen LogP contribution is -2.12. The molecule has 0 aliphatic rings. The fourth-order valence-electron chi connectivity index (χ4n) is 1.81. The van der Waals surface area contributed by atoms with Crippen molar-refractivity contribution in [1.82, 2.24) is 5.32 Å². The summed E-state index contributed by atoms with van der Waals surface area (Å²) in [5, 5.41) is 3.42. The molecule has 0 unspecified atom stereocenters. The Hall–Kier alpha value is -1.77. The van der Waals surface area contributed by atoms with Crippen LogP contribution in [0.15, 0.2) is 67.3 Å². The van der Waals surface area contributed by atoms with Gasteiger partial charge >= 0.3 is 0 Å². The number of nitrogens with one attached hydrogen (secondary N) is 1. The van der Waals surface area contributed by atoms with Crippen molar-refractivity contribution < 1.29 is 4.74 Å². The van der Waals surface area contributed by atoms with E-state index in [0.29, 0.717) is 6.61 Å². The molecule has 0 amide bonds. The van der Waals surface area contributed by atoms with Crippen molar-refractivity contribution in [3.63, 3.8) is 0 Å². The molecule has 20 heavy (non-hydrogen) atoms. The van der Waals surface area contributed by atoms with E-state index in [1.165, 1.54) is 11.1 Å². The summed E-state index contributed by atoms with van der Waals surface area (Å²) in [6.45, 7) is 5.92. The Bertz CT molecular complexity index is 496. The van der Waals surface area contributed by atoms with E-state index in [1.54, 1.807) is 6.08 Å². The van der Waals surface area contributed by atoms with E-state index in [2.05, 4.69) is 48.3 Å². The van der Waals surface area contributed by atoms with E-state index >= 15 is 0 Å². The van der Waals surface area contributed by atoms with Gasteiger partial charge in [-0.2, -0.15) is 0 Å². The molecule has 0 saturated carbocycles. The average Bonchev–Trinajstić information content (AvgIpc) is 2.47. The maximum absolute atomic E-state index is 5.45. The maximum Gasteiger partial charge on any atom is 0.119 e. The minimum atomic E-state index is 0. The molecule has 0 radical (unpaired) electrons. The highest BCUT2D eigenvalue weighted by atomic mass is 35.5. The van der Waals surface area contributed by atoms with Crippen LogP contribution in [0.5, 0.6) is 5.75 Å². The molecule has 1 N–H and O–H groups in total. The van der Waals surface area contributed by atoms with E-state index < -0.39 is 0 Å². The fourth-order valence-corrected chi connectivity index (χ4v) is 1.81. The first kappa shape index (κ1) is 16.3. The smallest absolute Gasteiger partial charge is 0.119 e. The Balaban J connectivity index is 0.00000200. The van der Waals surface area contributed by atoms with Crippen molar-refractivity contribution in [2.45, 2.75) is 13.1 Å². The van der Waals surface area contributed by atoms with Gasteiger partial charge in [-0.1, -0.05) is 55.1 Å². The Labute approximate surface area is 126 Å². The molecule has 0 heterocycles. The summed E-state index contributed by atoms with van der Waals surface area (Å²) in [7, 11) is 0. The van der Waals surface area contributed by atoms with Crippen molar-refractivity contribution in [3.05, 3.63) is 78.4 Å². The molecule has 3 heteroatoms. The maximum atomic E-state index is 5.45. The van der Waals surface area contributed by atoms with Gasteiger partial charge in [-0.05, 0) is 23.3 Å². The first-order chi connectivity index (χ1) is 9.38. The van der Waals surface area contributed by atoms with Crippen LogP contribution in [0, 0.1) is 0 Å². The van der Waals surface area contributed by atoms with Crippen LogP contribution in [0.3, 0.4) is 0 Å². The van der Waals surface area contributed by atoms with Crippen molar-refractivity contribution in [3.8, 4) is 5.75 Å². The molecule has 0 fully saturated rings. The van der Waals surface area contributed by atoms with Gasteiger partial charge in [-0.15, -0.1) is 12.4 Å². The number of halogens is 1. The second-order valence-corrected chi connectivity index (χ2v) is 4.33. The zero-order valence-corrected chi connectivity index (χ0v) is 12.2. The third kappa shape index (κ3) is 5.47. The topological polar surface area (TPSA) is 21.3 Å². The van der Waals surface area contributed by atoms with Gasteiger partial charge in [0.2, 0.25) is 0 Å². The lowest BCUT2D eigenvalue weighted by Gasteiger charge is -2.07. The van der Waals surface area contributed by atoms with Crippen molar-refractivity contribution >= 4 is 12.4 Å². The molecule has 106 valence electrons. The van der Waals surface area contributed by atoms with Crippen LogP contribution in [0.2, 0.25) is 0 Å². The zero-order chi connectivity index (χ0) is 13.3. The van der Waals surface area contributed by atoms with E-state index in [1.807, 2.05) is 18.2 Å². The molecule has 0 atom stereocenters. The van der Waals surface area contributed by atoms with E-state index in [-0.39, 0.29) is 12.4 Å². The van der Waals surface area contributed by atoms with Gasteiger partial charge in [0, 0.05) is 13.1 Å². The molecule has 2 nitrogen and oxygen atoms in total. The predicted molar refractivity (Wildman–Crippen MR) is 86.4 cm³/mol. The van der Waals surface area contributed by atoms with Crippen LogP contribution < -0.4 is 10.1 Å². The summed E-state index contributed by atoms with van der Waals surface area (Å²) in [5.74, 6) is 0.881. The molecule has 0 bridgehead atoms. The molecule has 0 aliphatic heterocycles. The van der Waals surface area contributed by atoms with Crippen molar-refractivity contribution in [2.75, 3.05) is 6.61 Å². The summed E-state index contributed by atoms with van der Waals surface area (Å²) >= 11 is 0. The average molecular weight is 290 g/mol. The van der Waals surface area contributed by atoms with Gasteiger partial charge < -0.3 is 10.1 Å². The van der Waals surface area contributed by atoms with Gasteiger partial charge in [-0.3, -0.25) is 0 Å². The third-order valence-corrected chi connectivity index (χ3v) is 2.79. The number of ether oxygens (including phenoxy) is 1. The van der Waals surface area contributed by atoms with Gasteiger partial charge in [0.15, 0.2) is 0 Å². The number of benzene rings is 2. The first-order valence-corrected chi connectivity index (χ1v) is 6.46. The highest BCUT2D eigenvalue weighted by Gasteiger charge is 1.95. The van der Waals surface area contributed by atoms with E-state index in [0.717, 1.165) is 18.8 Å². The van der Waals surface area contributed by atoms with Gasteiger partial charge in [-0.25, -0.2) is 0 Å². The quantitative estimate of drug-likeness (QED) is 0.779. The summed E-state index contributed by atoms with van der Waals surface area (Å²) in [5.41, 5.74) is 2.55. The van der Waals surface area contributed by atoms with Gasteiger partial charge in [0.1, 0.15) is 12.4 Å².